The van der Waals surface area contributed by atoms with Gasteiger partial charge < -0.3 is 10.6 Å². The van der Waals surface area contributed by atoms with Crippen molar-refractivity contribution < 1.29 is 21.6 Å². The van der Waals surface area contributed by atoms with E-state index in [2.05, 4.69) is 10.6 Å². The third kappa shape index (κ3) is 3.21. The van der Waals surface area contributed by atoms with Crippen LogP contribution in [0.1, 0.15) is 29.9 Å². The maximum atomic E-state index is 13.3. The smallest absolute Gasteiger partial charge is 0.381 e. The number of fused-ring (bicyclic) bond motifs is 3. The molecular weight excluding hydrogens is 377 g/mol. The zero-order valence-corrected chi connectivity index (χ0v) is 15.2. The Morgan fingerprint density at radius 3 is 2.52 bits per heavy atom. The van der Waals surface area contributed by atoms with Crippen LogP contribution in [-0.2, 0) is 16.0 Å². The molecule has 144 valence electrons. The van der Waals surface area contributed by atoms with Gasteiger partial charge in [0.1, 0.15) is 0 Å². The molecule has 1 fully saturated rings. The molecule has 8 heteroatoms. The van der Waals surface area contributed by atoms with E-state index in [0.717, 1.165) is 49.3 Å². The standard InChI is InChI=1S/C19H19F3N2O2S/c20-19(21,22)15-3-1-2-4-18(15)27(25,26)12-5-6-16-14(11-12)13-7-9-23-10-8-17(13)24-16/h1-6,11,13,17,23-24H,7-10H2/t13-,17+/m0/s1. The maximum absolute atomic E-state index is 13.3. The lowest BCUT2D eigenvalue weighted by Crippen LogP contribution is -2.21. The van der Waals surface area contributed by atoms with E-state index in [-0.39, 0.29) is 16.9 Å². The molecule has 4 rings (SSSR count). The fourth-order valence-electron chi connectivity index (χ4n) is 4.00. The van der Waals surface area contributed by atoms with Crippen molar-refractivity contribution in [1.29, 1.82) is 0 Å². The van der Waals surface area contributed by atoms with E-state index in [1.54, 1.807) is 12.1 Å². The number of sulfone groups is 1. The molecule has 0 bridgehead atoms. The Morgan fingerprint density at radius 2 is 1.74 bits per heavy atom. The zero-order chi connectivity index (χ0) is 19.2. The molecule has 0 radical (unpaired) electrons. The van der Waals surface area contributed by atoms with Gasteiger partial charge in [0.15, 0.2) is 0 Å². The Morgan fingerprint density at radius 1 is 1.00 bits per heavy atom. The molecule has 2 aliphatic heterocycles. The molecule has 0 spiro atoms. The minimum atomic E-state index is -4.74. The normalized spacial score (nSPS) is 22.5. The summed E-state index contributed by atoms with van der Waals surface area (Å²) in [6, 6.07) is 9.13. The van der Waals surface area contributed by atoms with E-state index in [4.69, 9.17) is 0 Å². The van der Waals surface area contributed by atoms with E-state index in [9.17, 15) is 21.6 Å². The van der Waals surface area contributed by atoms with Gasteiger partial charge in [-0.25, -0.2) is 8.42 Å². The molecule has 2 aromatic carbocycles. The summed E-state index contributed by atoms with van der Waals surface area (Å²) in [5.41, 5.74) is 0.601. The number of alkyl halides is 3. The van der Waals surface area contributed by atoms with Gasteiger partial charge >= 0.3 is 6.18 Å². The predicted molar refractivity (Wildman–Crippen MR) is 95.6 cm³/mol. The van der Waals surface area contributed by atoms with Gasteiger partial charge in [0.05, 0.1) is 15.4 Å². The Kier molecular flexibility index (Phi) is 4.43. The monoisotopic (exact) mass is 396 g/mol. The number of hydrogen-bond donors (Lipinski definition) is 2. The van der Waals surface area contributed by atoms with Crippen molar-refractivity contribution in [2.24, 2.45) is 0 Å². The van der Waals surface area contributed by atoms with Crippen LogP contribution < -0.4 is 10.6 Å². The Labute approximate surface area is 155 Å². The molecule has 1 saturated heterocycles. The minimum absolute atomic E-state index is 0.0994. The van der Waals surface area contributed by atoms with Crippen LogP contribution >= 0.6 is 0 Å². The maximum Gasteiger partial charge on any atom is 0.417 e. The highest BCUT2D eigenvalue weighted by molar-refractivity contribution is 7.91. The molecule has 2 aromatic rings. The van der Waals surface area contributed by atoms with Gasteiger partial charge in [-0.15, -0.1) is 0 Å². The van der Waals surface area contributed by atoms with Crippen LogP contribution in [0.3, 0.4) is 0 Å². The van der Waals surface area contributed by atoms with Crippen molar-refractivity contribution in [3.8, 4) is 0 Å². The summed E-state index contributed by atoms with van der Waals surface area (Å²) in [5.74, 6) is 0.156. The first-order chi connectivity index (χ1) is 12.8. The van der Waals surface area contributed by atoms with E-state index in [1.807, 2.05) is 0 Å². The molecular formula is C19H19F3N2O2S. The SMILES string of the molecule is O=S(=O)(c1ccc2c(c1)[C@@H]1CCNCC[C@H]1N2)c1ccccc1C(F)(F)F. The summed E-state index contributed by atoms with van der Waals surface area (Å²) in [4.78, 5) is -0.805. The molecule has 0 saturated carbocycles. The zero-order valence-electron chi connectivity index (χ0n) is 14.4. The van der Waals surface area contributed by atoms with Crippen LogP contribution in [0, 0.1) is 0 Å². The second-order valence-electron chi connectivity index (χ2n) is 6.93. The number of rotatable bonds is 2. The quantitative estimate of drug-likeness (QED) is 0.811. The van der Waals surface area contributed by atoms with Gasteiger partial charge in [-0.2, -0.15) is 13.2 Å². The van der Waals surface area contributed by atoms with E-state index in [0.29, 0.717) is 0 Å². The van der Waals surface area contributed by atoms with E-state index >= 15 is 0 Å². The highest BCUT2D eigenvalue weighted by Gasteiger charge is 2.38. The number of halogens is 3. The second kappa shape index (κ2) is 6.53. The predicted octanol–water partition coefficient (Wildman–Crippen LogP) is 3.80. The fraction of sp³-hybridized carbons (Fsp3) is 0.368. The van der Waals surface area contributed by atoms with Crippen molar-refractivity contribution in [2.45, 2.75) is 40.8 Å². The highest BCUT2D eigenvalue weighted by Crippen LogP contribution is 2.42. The number of nitrogens with one attached hydrogen (secondary N) is 2. The Hall–Kier alpha value is -2.06. The number of hydrogen-bond acceptors (Lipinski definition) is 4. The van der Waals surface area contributed by atoms with Gasteiger partial charge in [0.2, 0.25) is 9.84 Å². The lowest BCUT2D eigenvalue weighted by Gasteiger charge is -2.16. The van der Waals surface area contributed by atoms with Crippen LogP contribution in [0.25, 0.3) is 0 Å². The Bertz CT molecular complexity index is 973. The van der Waals surface area contributed by atoms with Crippen molar-refractivity contribution in [3.63, 3.8) is 0 Å². The summed E-state index contributed by atoms with van der Waals surface area (Å²) in [6.45, 7) is 1.71. The summed E-state index contributed by atoms with van der Waals surface area (Å²) in [6.07, 6.45) is -2.97. The molecule has 2 heterocycles. The molecule has 2 N–H and O–H groups in total. The largest absolute Gasteiger partial charge is 0.417 e. The van der Waals surface area contributed by atoms with Crippen LogP contribution in [0.5, 0.6) is 0 Å². The van der Waals surface area contributed by atoms with Crippen molar-refractivity contribution in [1.82, 2.24) is 5.32 Å². The lowest BCUT2D eigenvalue weighted by molar-refractivity contribution is -0.139. The van der Waals surface area contributed by atoms with Crippen LogP contribution in [-0.4, -0.2) is 27.5 Å². The molecule has 0 unspecified atom stereocenters. The van der Waals surface area contributed by atoms with Gasteiger partial charge in [-0.05, 0) is 61.8 Å². The van der Waals surface area contributed by atoms with Crippen molar-refractivity contribution >= 4 is 15.5 Å². The molecule has 0 amide bonds. The van der Waals surface area contributed by atoms with Crippen LogP contribution in [0.2, 0.25) is 0 Å². The summed E-state index contributed by atoms with van der Waals surface area (Å²) >= 11 is 0. The summed E-state index contributed by atoms with van der Waals surface area (Å²) < 4.78 is 65.9. The molecule has 2 atom stereocenters. The lowest BCUT2D eigenvalue weighted by atomic mass is 9.91. The fourth-order valence-corrected chi connectivity index (χ4v) is 5.51. The molecule has 0 aliphatic carbocycles. The van der Waals surface area contributed by atoms with Gasteiger partial charge in [-0.1, -0.05) is 12.1 Å². The number of anilines is 1. The van der Waals surface area contributed by atoms with Gasteiger partial charge in [0, 0.05) is 17.6 Å². The summed E-state index contributed by atoms with van der Waals surface area (Å²) in [7, 11) is -4.28. The topological polar surface area (TPSA) is 58.2 Å². The third-order valence-electron chi connectivity index (χ3n) is 5.31. The van der Waals surface area contributed by atoms with Crippen LogP contribution in [0.4, 0.5) is 18.9 Å². The van der Waals surface area contributed by atoms with E-state index < -0.39 is 26.5 Å². The van der Waals surface area contributed by atoms with Gasteiger partial charge in [0.25, 0.3) is 0 Å². The first-order valence-electron chi connectivity index (χ1n) is 8.81. The van der Waals surface area contributed by atoms with Gasteiger partial charge in [-0.3, -0.25) is 0 Å². The third-order valence-corrected chi connectivity index (χ3v) is 7.12. The minimum Gasteiger partial charge on any atom is -0.381 e. The average Bonchev–Trinajstić information content (AvgIpc) is 2.81. The van der Waals surface area contributed by atoms with Crippen molar-refractivity contribution in [3.05, 3.63) is 53.6 Å². The second-order valence-corrected chi connectivity index (χ2v) is 8.85. The first kappa shape index (κ1) is 18.3. The van der Waals surface area contributed by atoms with Crippen molar-refractivity contribution in [2.75, 3.05) is 18.4 Å². The molecule has 27 heavy (non-hydrogen) atoms. The molecule has 0 aromatic heterocycles. The Balaban J connectivity index is 1.79. The molecule has 2 aliphatic rings. The number of benzene rings is 2. The highest BCUT2D eigenvalue weighted by atomic mass is 32.2. The molecule has 4 nitrogen and oxygen atoms in total. The summed E-state index contributed by atoms with van der Waals surface area (Å²) in [5, 5.41) is 6.73. The average molecular weight is 396 g/mol. The first-order valence-corrected chi connectivity index (χ1v) is 10.3. The van der Waals surface area contributed by atoms with Crippen LogP contribution in [0.15, 0.2) is 52.3 Å². The van der Waals surface area contributed by atoms with E-state index in [1.165, 1.54) is 18.2 Å².